The van der Waals surface area contributed by atoms with Gasteiger partial charge in [-0.1, -0.05) is 117 Å². The van der Waals surface area contributed by atoms with Gasteiger partial charge in [-0.2, -0.15) is 0 Å². The normalized spacial score (nSPS) is 21.5. The Morgan fingerprint density at radius 1 is 0.400 bits per heavy atom. The minimum atomic E-state index is 0.0279. The van der Waals surface area contributed by atoms with Crippen molar-refractivity contribution in [1.82, 2.24) is 0 Å². The molecule has 55 heavy (non-hydrogen) atoms. The van der Waals surface area contributed by atoms with Gasteiger partial charge in [-0.15, -0.1) is 0 Å². The Kier molecular flexibility index (Phi) is 21.9. The molecule has 4 atom stereocenters. The van der Waals surface area contributed by atoms with Crippen LogP contribution in [0.2, 0.25) is 0 Å². The van der Waals surface area contributed by atoms with E-state index in [4.69, 9.17) is 33.2 Å². The van der Waals surface area contributed by atoms with Gasteiger partial charge in [0.15, 0.2) is 0 Å². The summed E-state index contributed by atoms with van der Waals surface area (Å²) in [5, 5.41) is 0. The molecule has 0 aliphatic carbocycles. The molecule has 7 heteroatoms. The van der Waals surface area contributed by atoms with Crippen molar-refractivity contribution in [3.63, 3.8) is 0 Å². The van der Waals surface area contributed by atoms with Gasteiger partial charge in [-0.25, -0.2) is 0 Å². The average Bonchev–Trinajstić information content (AvgIpc) is 4.08. The highest BCUT2D eigenvalue weighted by Crippen LogP contribution is 2.40. The van der Waals surface area contributed by atoms with Crippen LogP contribution in [0.4, 0.5) is 0 Å². The van der Waals surface area contributed by atoms with E-state index in [1.807, 2.05) is 48.5 Å². The smallest absolute Gasteiger partial charge is 0.127 e. The second-order valence-electron chi connectivity index (χ2n) is 16.3. The molecule has 0 bridgehead atoms. The van der Waals surface area contributed by atoms with Gasteiger partial charge >= 0.3 is 0 Å². The molecule has 0 saturated carbocycles. The lowest BCUT2D eigenvalue weighted by Crippen LogP contribution is -2.21. The van der Waals surface area contributed by atoms with Gasteiger partial charge in [-0.05, 0) is 101 Å². The van der Waals surface area contributed by atoms with E-state index in [2.05, 4.69) is 27.7 Å². The maximum absolute atomic E-state index is 6.05. The lowest BCUT2D eigenvalue weighted by Gasteiger charge is -2.10. The molecular weight excluding hydrogens is 689 g/mol. The molecule has 2 aromatic carbocycles. The molecule has 0 N–H and O–H groups in total. The summed E-state index contributed by atoms with van der Waals surface area (Å²) in [6, 6.07) is 15.9. The maximum atomic E-state index is 6.05. The summed E-state index contributed by atoms with van der Waals surface area (Å²) in [6.45, 7) is 13.5. The second-order valence-corrected chi connectivity index (χ2v) is 16.3. The summed E-state index contributed by atoms with van der Waals surface area (Å²) >= 11 is 0. The van der Waals surface area contributed by atoms with Gasteiger partial charge in [0, 0.05) is 13.2 Å². The van der Waals surface area contributed by atoms with Crippen molar-refractivity contribution in [1.29, 1.82) is 0 Å². The summed E-state index contributed by atoms with van der Waals surface area (Å²) in [5.41, 5.74) is 0.0557. The zero-order valence-corrected chi connectivity index (χ0v) is 35.4. The Hall–Kier alpha value is -2.32. The van der Waals surface area contributed by atoms with Gasteiger partial charge in [-0.3, -0.25) is 0 Å². The molecule has 312 valence electrons. The highest BCUT2D eigenvalue weighted by atomic mass is 16.6. The largest absolute Gasteiger partial charge is 0.494 e. The van der Waals surface area contributed by atoms with Crippen molar-refractivity contribution in [3.05, 3.63) is 48.5 Å². The molecule has 4 unspecified atom stereocenters. The van der Waals surface area contributed by atoms with E-state index in [1.165, 1.54) is 116 Å². The number of epoxide rings is 2. The number of unbranched alkanes of at least 4 members (excludes halogenated alkanes) is 18. The molecule has 2 aliphatic heterocycles. The number of benzene rings is 2. The zero-order chi connectivity index (χ0) is 38.9. The zero-order valence-electron chi connectivity index (χ0n) is 35.4. The van der Waals surface area contributed by atoms with Crippen LogP contribution in [-0.2, 0) is 18.9 Å². The predicted molar refractivity (Wildman–Crippen MR) is 225 cm³/mol. The first kappa shape index (κ1) is 45.4. The van der Waals surface area contributed by atoms with Gasteiger partial charge in [0.1, 0.15) is 34.2 Å². The van der Waals surface area contributed by atoms with E-state index < -0.39 is 0 Å². The van der Waals surface area contributed by atoms with Crippen molar-refractivity contribution in [2.45, 2.75) is 192 Å². The van der Waals surface area contributed by atoms with Crippen molar-refractivity contribution in [3.8, 4) is 23.0 Å². The maximum Gasteiger partial charge on any atom is 0.127 e. The third-order valence-electron chi connectivity index (χ3n) is 11.9. The molecule has 0 aromatic heterocycles. The number of ether oxygens (including phenoxy) is 7. The third-order valence-corrected chi connectivity index (χ3v) is 11.9. The summed E-state index contributed by atoms with van der Waals surface area (Å²) in [5.74, 6) is 3.41. The van der Waals surface area contributed by atoms with E-state index in [9.17, 15) is 0 Å². The molecule has 0 amide bonds. The van der Waals surface area contributed by atoms with Gasteiger partial charge in [0.2, 0.25) is 0 Å². The van der Waals surface area contributed by atoms with Crippen molar-refractivity contribution in [2.75, 3.05) is 39.6 Å². The summed E-state index contributed by atoms with van der Waals surface area (Å²) < 4.78 is 41.1. The molecule has 7 nitrogen and oxygen atoms in total. The van der Waals surface area contributed by atoms with E-state index >= 15 is 0 Å². The first-order chi connectivity index (χ1) is 27.0. The van der Waals surface area contributed by atoms with Crippen molar-refractivity contribution >= 4 is 0 Å². The van der Waals surface area contributed by atoms with Crippen LogP contribution < -0.4 is 14.2 Å². The Bertz CT molecular complexity index is 1130. The average molecular weight is 767 g/mol. The Balaban J connectivity index is 0.876. The molecular formula is C48H78O7. The topological polar surface area (TPSA) is 71.2 Å². The molecule has 0 radical (unpaired) electrons. The van der Waals surface area contributed by atoms with Gasteiger partial charge in [0.05, 0.1) is 38.6 Å². The van der Waals surface area contributed by atoms with Crippen LogP contribution >= 0.6 is 0 Å². The van der Waals surface area contributed by atoms with Crippen LogP contribution in [0.25, 0.3) is 0 Å². The van der Waals surface area contributed by atoms with Gasteiger partial charge in [0.25, 0.3) is 0 Å². The fourth-order valence-corrected chi connectivity index (χ4v) is 7.54. The lowest BCUT2D eigenvalue weighted by molar-refractivity contribution is 0.0742. The quantitative estimate of drug-likeness (QED) is 0.0505. The molecule has 2 aromatic rings. The number of hydrogen-bond donors (Lipinski definition) is 0. The monoisotopic (exact) mass is 767 g/mol. The van der Waals surface area contributed by atoms with Crippen LogP contribution in [0.3, 0.4) is 0 Å². The highest BCUT2D eigenvalue weighted by Gasteiger charge is 2.52. The van der Waals surface area contributed by atoms with E-state index in [0.29, 0.717) is 12.2 Å². The first-order valence-corrected chi connectivity index (χ1v) is 22.6. The van der Waals surface area contributed by atoms with Crippen LogP contribution in [0.5, 0.6) is 23.0 Å². The van der Waals surface area contributed by atoms with E-state index in [1.54, 1.807) is 0 Å². The van der Waals surface area contributed by atoms with E-state index in [0.717, 1.165) is 88.3 Å². The van der Waals surface area contributed by atoms with Crippen LogP contribution in [0.15, 0.2) is 48.5 Å². The fourth-order valence-electron chi connectivity index (χ4n) is 7.54. The second kappa shape index (κ2) is 26.6. The minimum Gasteiger partial charge on any atom is -0.494 e. The molecule has 2 heterocycles. The third kappa shape index (κ3) is 18.2. The Morgan fingerprint density at radius 3 is 0.927 bits per heavy atom. The Morgan fingerprint density at radius 2 is 0.655 bits per heavy atom. The number of hydrogen-bond acceptors (Lipinski definition) is 7. The molecule has 2 fully saturated rings. The molecule has 2 saturated heterocycles. The molecule has 4 rings (SSSR count). The minimum absolute atomic E-state index is 0.0279. The molecule has 0 spiro atoms. The van der Waals surface area contributed by atoms with Crippen molar-refractivity contribution < 1.29 is 33.2 Å². The summed E-state index contributed by atoms with van der Waals surface area (Å²) in [4.78, 5) is 0. The summed E-state index contributed by atoms with van der Waals surface area (Å²) in [6.07, 6.45) is 28.4. The first-order valence-electron chi connectivity index (χ1n) is 22.6. The highest BCUT2D eigenvalue weighted by molar-refractivity contribution is 5.37. The number of rotatable bonds is 36. The van der Waals surface area contributed by atoms with Crippen LogP contribution in [0.1, 0.15) is 169 Å². The Labute approximate surface area is 335 Å². The van der Waals surface area contributed by atoms with E-state index in [-0.39, 0.29) is 11.2 Å². The van der Waals surface area contributed by atoms with Gasteiger partial charge < -0.3 is 33.2 Å². The lowest BCUT2D eigenvalue weighted by atomic mass is 10.0. The summed E-state index contributed by atoms with van der Waals surface area (Å²) in [7, 11) is 0. The standard InChI is InChI=1S/C48H78O7/c1-5-47(41(3)54-47)39-49-35-23-19-15-11-7-9-13-17-21-25-37-51-43-27-31-45(32-28-43)53-46-33-29-44(30-34-46)52-38-26-22-18-14-10-8-12-16-20-24-36-50-40-48(6-2)42(4)55-48/h27-34,41-42H,5-26,35-40H2,1-4H3. The van der Waals surface area contributed by atoms with Crippen LogP contribution in [0, 0.1) is 0 Å². The van der Waals surface area contributed by atoms with Crippen molar-refractivity contribution in [2.24, 2.45) is 0 Å². The SMILES string of the molecule is CCC1(COCCCCCCCCCCCCOc2ccc(Oc3ccc(OCCCCCCCCCCCCOCC4(CC)OC4C)cc3)cc2)OC1C. The molecule has 2 aliphatic rings. The van der Waals surface area contributed by atoms with Crippen LogP contribution in [-0.4, -0.2) is 63.1 Å². The fraction of sp³-hybridized carbons (Fsp3) is 0.750. The predicted octanol–water partition coefficient (Wildman–Crippen LogP) is 13.2.